The second-order valence-corrected chi connectivity index (χ2v) is 7.49. The summed E-state index contributed by atoms with van der Waals surface area (Å²) in [5.74, 6) is -0.172. The molecule has 2 rings (SSSR count). The van der Waals surface area contributed by atoms with Gasteiger partial charge in [-0.2, -0.15) is 0 Å². The number of rotatable bonds is 9. The largest absolute Gasteiger partial charge is 0.352 e. The molecule has 0 aromatic heterocycles. The maximum atomic E-state index is 13.2. The number of carbonyl (C=O) groups excluding carboxylic acids is 2. The zero-order valence-electron chi connectivity index (χ0n) is 16.8. The topological polar surface area (TPSA) is 49.4 Å². The van der Waals surface area contributed by atoms with Gasteiger partial charge in [0.2, 0.25) is 11.8 Å². The van der Waals surface area contributed by atoms with Crippen molar-refractivity contribution in [2.75, 3.05) is 0 Å². The van der Waals surface area contributed by atoms with E-state index in [1.54, 1.807) is 17.0 Å². The Morgan fingerprint density at radius 1 is 0.964 bits per heavy atom. The lowest BCUT2D eigenvalue weighted by Crippen LogP contribution is -2.51. The molecule has 0 aliphatic carbocycles. The van der Waals surface area contributed by atoms with Crippen LogP contribution in [-0.2, 0) is 22.6 Å². The van der Waals surface area contributed by atoms with Crippen molar-refractivity contribution in [3.63, 3.8) is 0 Å². The Morgan fingerprint density at radius 2 is 1.61 bits per heavy atom. The Hall–Kier alpha value is -2.33. The Kier molecular flexibility index (Phi) is 8.52. The monoisotopic (exact) mass is 400 g/mol. The van der Waals surface area contributed by atoms with Crippen molar-refractivity contribution in [2.45, 2.75) is 58.7 Å². The van der Waals surface area contributed by atoms with E-state index in [4.69, 9.17) is 11.6 Å². The van der Waals surface area contributed by atoms with E-state index in [2.05, 4.69) is 5.32 Å². The van der Waals surface area contributed by atoms with E-state index < -0.39 is 6.04 Å². The van der Waals surface area contributed by atoms with Gasteiger partial charge in [-0.1, -0.05) is 67.9 Å². The van der Waals surface area contributed by atoms with Gasteiger partial charge in [-0.05, 0) is 43.0 Å². The minimum Gasteiger partial charge on any atom is -0.352 e. The number of hydrogen-bond donors (Lipinski definition) is 1. The van der Waals surface area contributed by atoms with Crippen LogP contribution in [0.2, 0.25) is 5.02 Å². The van der Waals surface area contributed by atoms with Crippen LogP contribution in [0.3, 0.4) is 0 Å². The van der Waals surface area contributed by atoms with Gasteiger partial charge >= 0.3 is 0 Å². The van der Waals surface area contributed by atoms with E-state index >= 15 is 0 Å². The van der Waals surface area contributed by atoms with Crippen molar-refractivity contribution in [2.24, 2.45) is 0 Å². The lowest BCUT2D eigenvalue weighted by molar-refractivity contribution is -0.141. The molecule has 0 saturated carbocycles. The third-order valence-electron chi connectivity index (χ3n) is 4.85. The molecule has 5 heteroatoms. The van der Waals surface area contributed by atoms with Crippen molar-refractivity contribution in [3.05, 3.63) is 70.7 Å². The second-order valence-electron chi connectivity index (χ2n) is 7.05. The molecule has 150 valence electrons. The van der Waals surface area contributed by atoms with Crippen LogP contribution in [0.5, 0.6) is 0 Å². The highest BCUT2D eigenvalue weighted by Crippen LogP contribution is 2.16. The molecule has 1 N–H and O–H groups in total. The number of hydrogen-bond acceptors (Lipinski definition) is 2. The third kappa shape index (κ3) is 6.38. The molecule has 0 spiro atoms. The molecule has 0 unspecified atom stereocenters. The van der Waals surface area contributed by atoms with E-state index in [1.165, 1.54) is 0 Å². The van der Waals surface area contributed by atoms with E-state index in [9.17, 15) is 9.59 Å². The summed E-state index contributed by atoms with van der Waals surface area (Å²) in [5.41, 5.74) is 1.88. The minimum atomic E-state index is -0.506. The molecule has 2 aromatic rings. The Balaban J connectivity index is 2.24. The molecule has 0 aliphatic rings. The lowest BCUT2D eigenvalue weighted by Gasteiger charge is -2.31. The van der Waals surface area contributed by atoms with Gasteiger partial charge in [0, 0.05) is 17.6 Å². The van der Waals surface area contributed by atoms with E-state index in [0.29, 0.717) is 18.0 Å². The van der Waals surface area contributed by atoms with Crippen LogP contribution in [0.4, 0.5) is 0 Å². The molecule has 4 nitrogen and oxygen atoms in total. The summed E-state index contributed by atoms with van der Waals surface area (Å²) >= 11 is 5.95. The maximum Gasteiger partial charge on any atom is 0.243 e. The molecular formula is C23H29ClN2O2. The Labute approximate surface area is 172 Å². The molecule has 0 saturated heterocycles. The number of halogens is 1. The molecule has 0 fully saturated rings. The standard InChI is InChI=1S/C23H29ClN2O2/c1-4-17(3)25-23(28)21(5-2)26(16-19-9-7-6-8-10-19)22(27)15-18-11-13-20(24)14-12-18/h6-14,17,21H,4-5,15-16H2,1-3H3,(H,25,28)/t17-,21-/m1/s1. The van der Waals surface area contributed by atoms with Crippen LogP contribution >= 0.6 is 11.6 Å². The summed E-state index contributed by atoms with van der Waals surface area (Å²) < 4.78 is 0. The van der Waals surface area contributed by atoms with Gasteiger partial charge in [-0.3, -0.25) is 9.59 Å². The average molecular weight is 401 g/mol. The third-order valence-corrected chi connectivity index (χ3v) is 5.10. The van der Waals surface area contributed by atoms with Crippen molar-refractivity contribution in [3.8, 4) is 0 Å². The number of nitrogens with zero attached hydrogens (tertiary/aromatic N) is 1. The quantitative estimate of drug-likeness (QED) is 0.668. The number of carbonyl (C=O) groups is 2. The van der Waals surface area contributed by atoms with Crippen molar-refractivity contribution in [1.29, 1.82) is 0 Å². The molecule has 0 radical (unpaired) electrons. The zero-order valence-corrected chi connectivity index (χ0v) is 17.6. The van der Waals surface area contributed by atoms with Crippen molar-refractivity contribution < 1.29 is 9.59 Å². The fourth-order valence-electron chi connectivity index (χ4n) is 3.02. The fraction of sp³-hybridized carbons (Fsp3) is 0.391. The van der Waals surface area contributed by atoms with Gasteiger partial charge in [0.15, 0.2) is 0 Å². The molecular weight excluding hydrogens is 372 g/mol. The Morgan fingerprint density at radius 3 is 2.18 bits per heavy atom. The first kappa shape index (κ1) is 22.0. The predicted molar refractivity (Wildman–Crippen MR) is 114 cm³/mol. The number of benzene rings is 2. The van der Waals surface area contributed by atoms with Crippen LogP contribution in [-0.4, -0.2) is 28.8 Å². The summed E-state index contributed by atoms with van der Waals surface area (Å²) in [6.07, 6.45) is 1.64. The normalized spacial score (nSPS) is 12.9. The number of amides is 2. The SMILES string of the molecule is CC[C@@H](C)NC(=O)[C@@H](CC)N(Cc1ccccc1)C(=O)Cc1ccc(Cl)cc1. The lowest BCUT2D eigenvalue weighted by atomic mass is 10.1. The van der Waals surface area contributed by atoms with Crippen LogP contribution in [0.25, 0.3) is 0 Å². The minimum absolute atomic E-state index is 0.0719. The van der Waals surface area contributed by atoms with Gasteiger partial charge in [0.25, 0.3) is 0 Å². The first-order chi connectivity index (χ1) is 13.4. The highest BCUT2D eigenvalue weighted by atomic mass is 35.5. The first-order valence-corrected chi connectivity index (χ1v) is 10.2. The molecule has 2 aromatic carbocycles. The van der Waals surface area contributed by atoms with Gasteiger partial charge in [-0.15, -0.1) is 0 Å². The van der Waals surface area contributed by atoms with E-state index in [1.807, 2.05) is 63.2 Å². The van der Waals surface area contributed by atoms with Crippen LogP contribution in [0.1, 0.15) is 44.7 Å². The molecule has 0 bridgehead atoms. The van der Waals surface area contributed by atoms with Crippen molar-refractivity contribution in [1.82, 2.24) is 10.2 Å². The summed E-state index contributed by atoms with van der Waals surface area (Å²) in [5, 5.41) is 3.66. The van der Waals surface area contributed by atoms with E-state index in [0.717, 1.165) is 17.5 Å². The van der Waals surface area contributed by atoms with Gasteiger partial charge in [-0.25, -0.2) is 0 Å². The van der Waals surface area contributed by atoms with Gasteiger partial charge in [0.1, 0.15) is 6.04 Å². The maximum absolute atomic E-state index is 13.2. The smallest absolute Gasteiger partial charge is 0.243 e. The van der Waals surface area contributed by atoms with Crippen LogP contribution in [0, 0.1) is 0 Å². The molecule has 0 heterocycles. The molecule has 28 heavy (non-hydrogen) atoms. The summed E-state index contributed by atoms with van der Waals surface area (Å²) in [6, 6.07) is 16.6. The summed E-state index contributed by atoms with van der Waals surface area (Å²) in [6.45, 7) is 6.34. The van der Waals surface area contributed by atoms with Crippen LogP contribution < -0.4 is 5.32 Å². The van der Waals surface area contributed by atoms with Crippen LogP contribution in [0.15, 0.2) is 54.6 Å². The van der Waals surface area contributed by atoms with Crippen molar-refractivity contribution >= 4 is 23.4 Å². The van der Waals surface area contributed by atoms with E-state index in [-0.39, 0.29) is 24.3 Å². The number of nitrogens with one attached hydrogen (secondary N) is 1. The molecule has 2 amide bonds. The average Bonchev–Trinajstić information content (AvgIpc) is 2.70. The van der Waals surface area contributed by atoms with Gasteiger partial charge in [0.05, 0.1) is 6.42 Å². The highest BCUT2D eigenvalue weighted by molar-refractivity contribution is 6.30. The Bertz CT molecular complexity index is 762. The fourth-order valence-corrected chi connectivity index (χ4v) is 3.15. The highest BCUT2D eigenvalue weighted by Gasteiger charge is 2.29. The zero-order chi connectivity index (χ0) is 20.5. The summed E-state index contributed by atoms with van der Waals surface area (Å²) in [7, 11) is 0. The summed E-state index contributed by atoms with van der Waals surface area (Å²) in [4.78, 5) is 27.7. The van der Waals surface area contributed by atoms with Gasteiger partial charge < -0.3 is 10.2 Å². The predicted octanol–water partition coefficient (Wildman–Crippen LogP) is 4.60. The first-order valence-electron chi connectivity index (χ1n) is 9.82. The molecule has 2 atom stereocenters. The molecule has 0 aliphatic heterocycles. The second kappa shape index (κ2) is 10.9.